The van der Waals surface area contributed by atoms with Crippen LogP contribution in [0.5, 0.6) is 0 Å². The maximum Gasteiger partial charge on any atom is 0.112 e. The van der Waals surface area contributed by atoms with E-state index in [2.05, 4.69) is 21.5 Å². The monoisotopic (exact) mass is 190 g/mol. The molecule has 1 aliphatic carbocycles. The van der Waals surface area contributed by atoms with Crippen LogP contribution in [0.3, 0.4) is 0 Å². The second kappa shape index (κ2) is 8.44. The lowest BCUT2D eigenvalue weighted by Gasteiger charge is -2.18. The first-order chi connectivity index (χ1) is 6.93. The van der Waals surface area contributed by atoms with Crippen molar-refractivity contribution in [3.8, 4) is 0 Å². The van der Waals surface area contributed by atoms with Gasteiger partial charge in [0.05, 0.1) is 0 Å². The summed E-state index contributed by atoms with van der Waals surface area (Å²) in [6.45, 7) is 2.23. The van der Waals surface area contributed by atoms with Gasteiger partial charge in [0, 0.05) is 0 Å². The quantitative estimate of drug-likeness (QED) is 0.450. The molecule has 0 aliphatic heterocycles. The molecule has 1 saturated carbocycles. The van der Waals surface area contributed by atoms with Gasteiger partial charge in [-0.25, -0.2) is 0 Å². The molecule has 0 saturated heterocycles. The molecule has 14 heavy (non-hydrogen) atoms. The molecule has 0 unspecified atom stereocenters. The van der Waals surface area contributed by atoms with Crippen LogP contribution in [-0.2, 0) is 0 Å². The molecule has 0 N–H and O–H groups in total. The lowest BCUT2D eigenvalue weighted by atomic mass is 9.53. The average Bonchev–Trinajstić information content (AvgIpc) is 2.15. The number of rotatable bonds is 5. The maximum absolute atomic E-state index is 2.59. The molecule has 0 spiro atoms. The fourth-order valence-corrected chi connectivity index (χ4v) is 2.38. The summed E-state index contributed by atoms with van der Waals surface area (Å²) in [5, 5.41) is 0. The fourth-order valence-electron chi connectivity index (χ4n) is 2.38. The van der Waals surface area contributed by atoms with Crippen LogP contribution >= 0.6 is 0 Å². The third-order valence-corrected chi connectivity index (χ3v) is 3.31. The van der Waals surface area contributed by atoms with Crippen LogP contribution in [0.15, 0.2) is 0 Å². The molecule has 0 atom stereocenters. The van der Waals surface area contributed by atoms with Crippen LogP contribution in [0.1, 0.15) is 51.9 Å². The smallest absolute Gasteiger partial charge is 0.0871 e. The lowest BCUT2D eigenvalue weighted by Crippen LogP contribution is -2.06. The van der Waals surface area contributed by atoms with Crippen LogP contribution in [0, 0.1) is 0 Å². The summed E-state index contributed by atoms with van der Waals surface area (Å²) in [4.78, 5) is 0. The van der Waals surface area contributed by atoms with E-state index in [-0.39, 0.29) is 0 Å². The van der Waals surface area contributed by atoms with Crippen molar-refractivity contribution in [3.63, 3.8) is 0 Å². The van der Waals surface area contributed by atoms with E-state index >= 15 is 0 Å². The van der Waals surface area contributed by atoms with Crippen molar-refractivity contribution >= 4 is 14.6 Å². The second-order valence-electron chi connectivity index (χ2n) is 4.62. The Bertz CT molecular complexity index is 117. The Labute approximate surface area is 91.7 Å². The van der Waals surface area contributed by atoms with Gasteiger partial charge in [-0.1, -0.05) is 76.6 Å². The van der Waals surface area contributed by atoms with Gasteiger partial charge in [0.15, 0.2) is 0 Å². The van der Waals surface area contributed by atoms with E-state index in [0.29, 0.717) is 0 Å². The molecule has 78 valence electrons. The standard InChI is InChI=1S/C12H24B2/c1-2-13-10-11-14-12-8-6-4-3-5-7-9-12/h12H,2-11H2,1H3. The zero-order valence-electron chi connectivity index (χ0n) is 9.80. The highest BCUT2D eigenvalue weighted by atomic mass is 14.1. The van der Waals surface area contributed by atoms with Crippen LogP contribution in [-0.4, -0.2) is 14.6 Å². The van der Waals surface area contributed by atoms with Gasteiger partial charge in [-0.15, -0.1) is 0 Å². The van der Waals surface area contributed by atoms with Gasteiger partial charge < -0.3 is 0 Å². The summed E-state index contributed by atoms with van der Waals surface area (Å²) in [6, 6.07) is 0. The molecule has 1 aliphatic rings. The maximum atomic E-state index is 2.59. The Morgan fingerprint density at radius 2 is 1.57 bits per heavy atom. The van der Waals surface area contributed by atoms with Gasteiger partial charge in [0.25, 0.3) is 0 Å². The Hall–Kier alpha value is 0.130. The van der Waals surface area contributed by atoms with Crippen LogP contribution in [0.4, 0.5) is 0 Å². The molecule has 2 heteroatoms. The third-order valence-electron chi connectivity index (χ3n) is 3.31. The second-order valence-corrected chi connectivity index (χ2v) is 4.62. The van der Waals surface area contributed by atoms with Crippen molar-refractivity contribution in [2.75, 3.05) is 0 Å². The third kappa shape index (κ3) is 5.78. The first-order valence-corrected chi connectivity index (χ1v) is 6.58. The highest BCUT2D eigenvalue weighted by Gasteiger charge is 2.11. The van der Waals surface area contributed by atoms with Gasteiger partial charge in [-0.2, -0.15) is 0 Å². The van der Waals surface area contributed by atoms with Crippen LogP contribution in [0.2, 0.25) is 24.8 Å². The van der Waals surface area contributed by atoms with E-state index in [9.17, 15) is 0 Å². The van der Waals surface area contributed by atoms with E-state index in [1.807, 2.05) is 0 Å². The first kappa shape index (κ1) is 12.2. The van der Waals surface area contributed by atoms with Gasteiger partial charge in [0.1, 0.15) is 14.6 Å². The van der Waals surface area contributed by atoms with Crippen LogP contribution < -0.4 is 0 Å². The molecule has 0 nitrogen and oxygen atoms in total. The van der Waals surface area contributed by atoms with Crippen molar-refractivity contribution in [1.29, 1.82) is 0 Å². The Balaban J connectivity index is 2.02. The molecule has 0 heterocycles. The van der Waals surface area contributed by atoms with E-state index in [0.717, 1.165) is 5.82 Å². The summed E-state index contributed by atoms with van der Waals surface area (Å²) in [6.07, 6.45) is 14.2. The molecule has 0 amide bonds. The Kier molecular flexibility index (Phi) is 7.35. The lowest BCUT2D eigenvalue weighted by molar-refractivity contribution is 0.501. The molecule has 0 aromatic rings. The van der Waals surface area contributed by atoms with Crippen molar-refractivity contribution < 1.29 is 0 Å². The number of hydrogen-bond donors (Lipinski definition) is 0. The van der Waals surface area contributed by atoms with Gasteiger partial charge in [0.2, 0.25) is 0 Å². The van der Waals surface area contributed by atoms with Gasteiger partial charge >= 0.3 is 0 Å². The average molecular weight is 190 g/mol. The topological polar surface area (TPSA) is 0 Å². The summed E-state index contributed by atoms with van der Waals surface area (Å²) >= 11 is 0. The molecule has 0 bridgehead atoms. The highest BCUT2D eigenvalue weighted by molar-refractivity contribution is 6.43. The number of hydrogen-bond acceptors (Lipinski definition) is 0. The highest BCUT2D eigenvalue weighted by Crippen LogP contribution is 2.26. The van der Waals surface area contributed by atoms with Crippen molar-refractivity contribution in [2.24, 2.45) is 0 Å². The van der Waals surface area contributed by atoms with Crippen molar-refractivity contribution in [1.82, 2.24) is 0 Å². The van der Waals surface area contributed by atoms with Gasteiger partial charge in [-0.3, -0.25) is 0 Å². The molecular formula is C12H24B2. The SMILES string of the molecule is CC[B]CC[B]C1CCCCCCC1. The summed E-state index contributed by atoms with van der Waals surface area (Å²) in [7, 11) is 5.00. The summed E-state index contributed by atoms with van der Waals surface area (Å²) < 4.78 is 0. The molecular weight excluding hydrogens is 166 g/mol. The van der Waals surface area contributed by atoms with Crippen LogP contribution in [0.25, 0.3) is 0 Å². The Morgan fingerprint density at radius 3 is 2.21 bits per heavy atom. The molecule has 0 aromatic heterocycles. The van der Waals surface area contributed by atoms with Gasteiger partial charge in [-0.05, 0) is 0 Å². The van der Waals surface area contributed by atoms with E-state index in [4.69, 9.17) is 0 Å². The molecule has 2 radical (unpaired) electrons. The fraction of sp³-hybridized carbons (Fsp3) is 1.00. The minimum Gasteiger partial charge on any atom is -0.0871 e. The normalized spacial score (nSPS) is 19.8. The van der Waals surface area contributed by atoms with Crippen molar-refractivity contribution in [2.45, 2.75) is 76.6 Å². The van der Waals surface area contributed by atoms with E-state index < -0.39 is 0 Å². The largest absolute Gasteiger partial charge is 0.112 e. The zero-order valence-corrected chi connectivity index (χ0v) is 9.80. The summed E-state index contributed by atoms with van der Waals surface area (Å²) in [5.41, 5.74) is 0. The van der Waals surface area contributed by atoms with E-state index in [1.54, 1.807) is 0 Å². The Morgan fingerprint density at radius 1 is 0.929 bits per heavy atom. The molecule has 1 fully saturated rings. The zero-order chi connectivity index (χ0) is 10.1. The predicted octanol–water partition coefficient (Wildman–Crippen LogP) is 4.20. The first-order valence-electron chi connectivity index (χ1n) is 6.58. The predicted molar refractivity (Wildman–Crippen MR) is 67.7 cm³/mol. The van der Waals surface area contributed by atoms with E-state index in [1.165, 1.54) is 63.9 Å². The minimum absolute atomic E-state index is 0.945. The minimum atomic E-state index is 0.945. The van der Waals surface area contributed by atoms with Crippen molar-refractivity contribution in [3.05, 3.63) is 0 Å². The molecule has 0 aromatic carbocycles. The molecule has 1 rings (SSSR count). The summed E-state index contributed by atoms with van der Waals surface area (Å²) in [5.74, 6) is 0.945.